The molecule has 1 amide bonds. The highest BCUT2D eigenvalue weighted by Crippen LogP contribution is 2.12. The molecule has 0 bridgehead atoms. The number of imidazole rings is 1. The number of rotatable bonds is 5. The molecule has 2 atom stereocenters. The van der Waals surface area contributed by atoms with E-state index in [-0.39, 0.29) is 18.1 Å². The lowest BCUT2D eigenvalue weighted by molar-refractivity contribution is -0.125. The summed E-state index contributed by atoms with van der Waals surface area (Å²) >= 11 is 0. The second-order valence-corrected chi connectivity index (χ2v) is 5.39. The molecule has 118 valence electrons. The van der Waals surface area contributed by atoms with Crippen LogP contribution in [-0.4, -0.2) is 47.3 Å². The molecule has 6 nitrogen and oxygen atoms in total. The first kappa shape index (κ1) is 15.0. The van der Waals surface area contributed by atoms with Crippen LogP contribution in [0.4, 0.5) is 0 Å². The molecule has 6 heteroatoms. The Morgan fingerprint density at radius 3 is 3.32 bits per heavy atom. The predicted molar refractivity (Wildman–Crippen MR) is 81.7 cm³/mol. The molecule has 0 spiro atoms. The zero-order valence-corrected chi connectivity index (χ0v) is 12.7. The first-order chi connectivity index (χ1) is 10.8. The lowest BCUT2D eigenvalue weighted by Gasteiger charge is -2.31. The van der Waals surface area contributed by atoms with E-state index in [0.717, 1.165) is 17.8 Å². The number of hydrogen-bond acceptors (Lipinski definition) is 4. The lowest BCUT2D eigenvalue weighted by Crippen LogP contribution is -2.50. The van der Waals surface area contributed by atoms with Crippen molar-refractivity contribution in [2.24, 2.45) is 0 Å². The molecule has 1 aliphatic rings. The Morgan fingerprint density at radius 2 is 2.45 bits per heavy atom. The van der Waals surface area contributed by atoms with Crippen LogP contribution in [0.25, 0.3) is 5.65 Å². The largest absolute Gasteiger partial charge is 0.379 e. The van der Waals surface area contributed by atoms with Gasteiger partial charge in [0.1, 0.15) is 11.8 Å². The van der Waals surface area contributed by atoms with E-state index in [1.54, 1.807) is 6.20 Å². The lowest BCUT2D eigenvalue weighted by atomic mass is 10.1. The van der Waals surface area contributed by atoms with E-state index in [1.807, 2.05) is 35.7 Å². The normalized spacial score (nSPS) is 21.9. The summed E-state index contributed by atoms with van der Waals surface area (Å²) in [6.07, 6.45) is 4.69. The van der Waals surface area contributed by atoms with Gasteiger partial charge in [-0.2, -0.15) is 0 Å². The van der Waals surface area contributed by atoms with Gasteiger partial charge in [0, 0.05) is 25.6 Å². The fourth-order valence-electron chi connectivity index (χ4n) is 2.79. The topological polar surface area (TPSA) is 64.9 Å². The maximum Gasteiger partial charge on any atom is 0.226 e. The molecule has 3 rings (SSSR count). The van der Waals surface area contributed by atoms with Crippen molar-refractivity contribution in [2.45, 2.75) is 31.9 Å². The van der Waals surface area contributed by atoms with Gasteiger partial charge >= 0.3 is 0 Å². The summed E-state index contributed by atoms with van der Waals surface area (Å²) in [6, 6.07) is 5.80. The SMILES string of the molecule is CCO[C@@H]1COCC[C@H]1NC(=O)Cc1cnc2ccccn12. The van der Waals surface area contributed by atoms with Crippen molar-refractivity contribution in [1.82, 2.24) is 14.7 Å². The summed E-state index contributed by atoms with van der Waals surface area (Å²) in [5, 5.41) is 3.07. The number of nitrogens with zero attached hydrogens (tertiary/aromatic N) is 2. The molecule has 1 fully saturated rings. The van der Waals surface area contributed by atoms with Crippen LogP contribution in [0, 0.1) is 0 Å². The maximum absolute atomic E-state index is 12.3. The Bertz CT molecular complexity index is 638. The Hall–Kier alpha value is -1.92. The molecule has 0 aliphatic carbocycles. The molecule has 0 unspecified atom stereocenters. The summed E-state index contributed by atoms with van der Waals surface area (Å²) in [5.74, 6) is -0.0118. The van der Waals surface area contributed by atoms with Crippen LogP contribution < -0.4 is 5.32 Å². The minimum absolute atomic E-state index is 0.0118. The van der Waals surface area contributed by atoms with Gasteiger partial charge in [-0.3, -0.25) is 4.79 Å². The summed E-state index contributed by atoms with van der Waals surface area (Å²) in [5.41, 5.74) is 1.73. The third-order valence-electron chi connectivity index (χ3n) is 3.87. The quantitative estimate of drug-likeness (QED) is 0.901. The van der Waals surface area contributed by atoms with Crippen molar-refractivity contribution in [3.8, 4) is 0 Å². The minimum atomic E-state index is -0.0649. The van der Waals surface area contributed by atoms with Gasteiger partial charge in [0.25, 0.3) is 0 Å². The van der Waals surface area contributed by atoms with Gasteiger partial charge in [0.2, 0.25) is 5.91 Å². The first-order valence-corrected chi connectivity index (χ1v) is 7.67. The third-order valence-corrected chi connectivity index (χ3v) is 3.87. The van der Waals surface area contributed by atoms with Crippen molar-refractivity contribution in [3.63, 3.8) is 0 Å². The van der Waals surface area contributed by atoms with Crippen molar-refractivity contribution < 1.29 is 14.3 Å². The average molecular weight is 303 g/mol. The number of aromatic nitrogens is 2. The Labute approximate surface area is 129 Å². The molecule has 0 saturated carbocycles. The molecule has 0 aromatic carbocycles. The summed E-state index contributed by atoms with van der Waals surface area (Å²) in [4.78, 5) is 16.6. The smallest absolute Gasteiger partial charge is 0.226 e. The molecular weight excluding hydrogens is 282 g/mol. The van der Waals surface area contributed by atoms with Gasteiger partial charge in [0.05, 0.1) is 24.8 Å². The van der Waals surface area contributed by atoms with Gasteiger partial charge < -0.3 is 19.2 Å². The van der Waals surface area contributed by atoms with Crippen LogP contribution in [0.1, 0.15) is 19.0 Å². The number of carbonyl (C=O) groups excluding carboxylic acids is 1. The highest BCUT2D eigenvalue weighted by atomic mass is 16.5. The zero-order chi connectivity index (χ0) is 15.4. The first-order valence-electron chi connectivity index (χ1n) is 7.67. The van der Waals surface area contributed by atoms with Gasteiger partial charge in [-0.05, 0) is 25.5 Å². The monoisotopic (exact) mass is 303 g/mol. The van der Waals surface area contributed by atoms with E-state index >= 15 is 0 Å². The minimum Gasteiger partial charge on any atom is -0.379 e. The second kappa shape index (κ2) is 6.89. The van der Waals surface area contributed by atoms with Crippen LogP contribution in [-0.2, 0) is 20.7 Å². The number of fused-ring (bicyclic) bond motifs is 1. The molecule has 2 aromatic heterocycles. The maximum atomic E-state index is 12.3. The van der Waals surface area contributed by atoms with Crippen LogP contribution >= 0.6 is 0 Å². The molecule has 22 heavy (non-hydrogen) atoms. The van der Waals surface area contributed by atoms with Crippen LogP contribution in [0.5, 0.6) is 0 Å². The van der Waals surface area contributed by atoms with E-state index in [4.69, 9.17) is 9.47 Å². The number of amides is 1. The Kier molecular flexibility index (Phi) is 4.70. The Morgan fingerprint density at radius 1 is 1.55 bits per heavy atom. The summed E-state index contributed by atoms with van der Waals surface area (Å²) < 4.78 is 13.0. The number of carbonyl (C=O) groups is 1. The molecule has 0 radical (unpaired) electrons. The fraction of sp³-hybridized carbons (Fsp3) is 0.500. The molecule has 1 aliphatic heterocycles. The van der Waals surface area contributed by atoms with E-state index in [0.29, 0.717) is 26.2 Å². The number of nitrogens with one attached hydrogen (secondary N) is 1. The van der Waals surface area contributed by atoms with Crippen molar-refractivity contribution in [1.29, 1.82) is 0 Å². The van der Waals surface area contributed by atoms with E-state index in [1.165, 1.54) is 0 Å². The van der Waals surface area contributed by atoms with Crippen molar-refractivity contribution in [2.75, 3.05) is 19.8 Å². The van der Waals surface area contributed by atoms with Gasteiger partial charge in [-0.15, -0.1) is 0 Å². The molecule has 1 N–H and O–H groups in total. The zero-order valence-electron chi connectivity index (χ0n) is 12.7. The Balaban J connectivity index is 1.64. The number of pyridine rings is 1. The fourth-order valence-corrected chi connectivity index (χ4v) is 2.79. The van der Waals surface area contributed by atoms with Crippen LogP contribution in [0.3, 0.4) is 0 Å². The highest BCUT2D eigenvalue weighted by molar-refractivity contribution is 5.78. The summed E-state index contributed by atoms with van der Waals surface area (Å²) in [6.45, 7) is 3.76. The predicted octanol–water partition coefficient (Wildman–Crippen LogP) is 1.19. The standard InChI is InChI=1S/C16H21N3O3/c1-2-22-14-11-21-8-6-13(14)18-16(20)9-12-10-17-15-5-3-4-7-19(12)15/h3-5,7,10,13-14H,2,6,8-9,11H2,1H3,(H,18,20)/t13-,14-/m1/s1. The third kappa shape index (κ3) is 3.28. The van der Waals surface area contributed by atoms with Crippen LogP contribution in [0.2, 0.25) is 0 Å². The van der Waals surface area contributed by atoms with Crippen molar-refractivity contribution in [3.05, 3.63) is 36.3 Å². The molecular formula is C16H21N3O3. The van der Waals surface area contributed by atoms with E-state index in [9.17, 15) is 4.79 Å². The van der Waals surface area contributed by atoms with Gasteiger partial charge in [-0.25, -0.2) is 4.98 Å². The highest BCUT2D eigenvalue weighted by Gasteiger charge is 2.27. The molecule has 3 heterocycles. The van der Waals surface area contributed by atoms with Gasteiger partial charge in [-0.1, -0.05) is 6.07 Å². The molecule has 2 aromatic rings. The van der Waals surface area contributed by atoms with Crippen LogP contribution in [0.15, 0.2) is 30.6 Å². The molecule has 1 saturated heterocycles. The number of ether oxygens (including phenoxy) is 2. The summed E-state index contributed by atoms with van der Waals surface area (Å²) in [7, 11) is 0. The second-order valence-electron chi connectivity index (χ2n) is 5.39. The van der Waals surface area contributed by atoms with E-state index < -0.39 is 0 Å². The van der Waals surface area contributed by atoms with Gasteiger partial charge in [0.15, 0.2) is 0 Å². The van der Waals surface area contributed by atoms with E-state index in [2.05, 4.69) is 10.3 Å². The number of hydrogen-bond donors (Lipinski definition) is 1. The van der Waals surface area contributed by atoms with Crippen molar-refractivity contribution >= 4 is 11.6 Å². The average Bonchev–Trinajstić information content (AvgIpc) is 2.93.